The van der Waals surface area contributed by atoms with Crippen LogP contribution in [0.5, 0.6) is 0 Å². The number of rotatable bonds is 14. The number of pyridine rings is 6. The van der Waals surface area contributed by atoms with Crippen LogP contribution in [0.2, 0.25) is 0 Å². The van der Waals surface area contributed by atoms with Crippen LogP contribution in [0.4, 0.5) is 0 Å². The van der Waals surface area contributed by atoms with Gasteiger partial charge in [0.15, 0.2) is 76.4 Å². The molecule has 12 aromatic heterocycles. The van der Waals surface area contributed by atoms with Crippen LogP contribution in [0, 0.1) is 48.5 Å². The van der Waals surface area contributed by atoms with E-state index in [1.807, 2.05) is 0 Å². The second-order valence-electron chi connectivity index (χ2n) is 42.5. The summed E-state index contributed by atoms with van der Waals surface area (Å²) in [5.41, 5.74) is 56.0. The highest BCUT2D eigenvalue weighted by molar-refractivity contribution is 5.88. The molecule has 12 nitrogen and oxygen atoms in total. The van der Waals surface area contributed by atoms with Gasteiger partial charge in [-0.15, -0.1) is 0 Å². The molecule has 732 valence electrons. The number of para-hydroxylation sites is 3. The first-order valence-corrected chi connectivity index (χ1v) is 53.0. The van der Waals surface area contributed by atoms with E-state index in [4.69, 9.17) is 0 Å². The largest absolute Gasteiger partial charge is 0.311 e. The number of aromatic nitrogens is 12. The standard InChI is InChI=1S/C28H21N2.C28H29N2.C22H25N2.C20H21N2.2C19H19N2/c1-3-10-21(11-4-1)24-14-9-15-25(22-12-5-2-6-13-22)28(24)30-19-17-23-20-29-18-8-7-16-26(29)27(23)30;1-19(2)24-16-23(21-10-6-5-7-11-21)17-25(20(3)4)28(24)30-15-13-22-18-29-14-9-8-12-26(29)27(22)30;1-15(2)18-8-7-9-19(16(3)4)22(18)24-13-11-17-14-23-12-6-5-10-20(23)21(17)24;1-13-9-14(2)19(15(3)10-13)22-16(4)11-17-12-21-8-6-5-7-18(21)20(17)22;1-13-10-14(2)18(15(3)11-13)21-9-7-16-12-20-8-5-4-6-17(20)19(16)21;1-14(2)16-7-3-4-8-17(16)21-12-10-15-13-20-11-6-5-9-18(20)19(15)21/h1-19H,20H2;5-17,19-20H,18H2,1-4H3;5-13,15-16H,14H2,1-4H3;5-11H,12H2,1-4H3;4-11H,12H2,1-3H3;3-12,14H,13H2,1-2H3/q6*+1. The molecule has 0 saturated heterocycles. The molecule has 6 aliphatic rings. The van der Waals surface area contributed by atoms with Crippen LogP contribution >= 0.6 is 0 Å². The lowest BCUT2D eigenvalue weighted by Crippen LogP contribution is -2.31. The number of nitrogens with zero attached hydrogens (tertiary/aromatic N) is 12. The Bertz CT molecular complexity index is 8420. The summed E-state index contributed by atoms with van der Waals surface area (Å²) < 4.78 is 28.4. The molecule has 0 saturated carbocycles. The van der Waals surface area contributed by atoms with Crippen LogP contribution in [-0.2, 0) is 39.3 Å². The maximum absolute atomic E-state index is 2.45. The minimum atomic E-state index is 0.434. The molecule has 6 aliphatic heterocycles. The Morgan fingerprint density at radius 3 is 0.845 bits per heavy atom. The summed E-state index contributed by atoms with van der Waals surface area (Å²) >= 11 is 0. The van der Waals surface area contributed by atoms with E-state index in [1.165, 1.54) is 236 Å². The second kappa shape index (κ2) is 40.5. The molecule has 27 rings (SSSR count). The van der Waals surface area contributed by atoms with E-state index in [9.17, 15) is 0 Å². The molecule has 0 unspecified atom stereocenters. The van der Waals surface area contributed by atoms with Gasteiger partial charge in [-0.05, 0) is 241 Å². The molecule has 148 heavy (non-hydrogen) atoms. The first kappa shape index (κ1) is 96.4. The summed E-state index contributed by atoms with van der Waals surface area (Å²) in [6, 6.07) is 121. The van der Waals surface area contributed by atoms with Crippen molar-refractivity contribution in [2.75, 3.05) is 0 Å². The summed E-state index contributed by atoms with van der Waals surface area (Å²) in [6.07, 6.45) is 24.2. The average molecular weight is 1940 g/mol. The molecule has 0 radical (unpaired) electrons. The molecule has 0 spiro atoms. The van der Waals surface area contributed by atoms with Gasteiger partial charge in [-0.2, -0.15) is 27.4 Å². The summed E-state index contributed by atoms with van der Waals surface area (Å²) in [5, 5.41) is 0. The first-order chi connectivity index (χ1) is 72.0. The van der Waals surface area contributed by atoms with E-state index in [2.05, 4.69) is 574 Å². The van der Waals surface area contributed by atoms with Crippen molar-refractivity contribution in [1.29, 1.82) is 0 Å². The fraction of sp³-hybridized carbons (Fsp3) is 0.206. The number of hydrogen-bond donors (Lipinski definition) is 0. The van der Waals surface area contributed by atoms with Gasteiger partial charge in [0, 0.05) is 160 Å². The third-order valence-electron chi connectivity index (χ3n) is 30.6. The lowest BCUT2D eigenvalue weighted by molar-refractivity contribution is -0.672. The van der Waals surface area contributed by atoms with E-state index in [1.54, 1.807) is 0 Å². The van der Waals surface area contributed by atoms with E-state index >= 15 is 0 Å². The Hall–Kier alpha value is -16.4. The average Bonchev–Trinajstić information content (AvgIpc) is 1.59. The zero-order chi connectivity index (χ0) is 102. The highest BCUT2D eigenvalue weighted by Gasteiger charge is 2.39. The Morgan fingerprint density at radius 1 is 0.203 bits per heavy atom. The summed E-state index contributed by atoms with van der Waals surface area (Å²) in [6.45, 7) is 44.1. The molecule has 0 N–H and O–H groups in total. The Labute approximate surface area is 873 Å². The van der Waals surface area contributed by atoms with Crippen LogP contribution in [-0.4, -0.2) is 27.4 Å². The van der Waals surface area contributed by atoms with Crippen molar-refractivity contribution < 1.29 is 27.4 Å². The Balaban J connectivity index is 0.000000101. The van der Waals surface area contributed by atoms with Gasteiger partial charge < -0.3 is 27.4 Å². The molecule has 9 aromatic carbocycles. The molecular formula is C136H134N12+6. The SMILES string of the molecule is CC(C)c1cc(-c2ccccc2)cc(C(C)C)c1-n1ccc2c1-c1cccc[n+]1C2.CC(C)c1cccc(C(C)C)c1-n1ccc2c1-c1cccc[n+]1C2.CC(C)c1ccccc1-n1ccc2c1-c1cccc[n+]1C2.Cc1cc(C)c(-n2c(C)cc3c2-c2cccc[n+]2C3)c(C)c1.Cc1cc(C)c(-n2ccc3c2-c2cccc[n+]2C3)c(C)c1.c1ccc(-c2cccc(-c3ccccc3)c2-n2ccc3c2-c2cccc[n+]2C3)cc1. The smallest absolute Gasteiger partial charge is 0.230 e. The van der Waals surface area contributed by atoms with Crippen LogP contribution in [0.25, 0.3) is 136 Å². The Kier molecular flexibility index (Phi) is 26.4. The van der Waals surface area contributed by atoms with Gasteiger partial charge in [0.1, 0.15) is 34.2 Å². The van der Waals surface area contributed by atoms with Crippen LogP contribution in [0.15, 0.2) is 402 Å². The monoisotopic (exact) mass is 1940 g/mol. The van der Waals surface area contributed by atoms with Crippen molar-refractivity contribution in [3.05, 3.63) is 502 Å². The number of hydrogen-bond acceptors (Lipinski definition) is 0. The third kappa shape index (κ3) is 17.9. The quantitative estimate of drug-likeness (QED) is 0.0975. The highest BCUT2D eigenvalue weighted by Crippen LogP contribution is 2.46. The van der Waals surface area contributed by atoms with Crippen LogP contribution < -0.4 is 27.4 Å². The van der Waals surface area contributed by atoms with E-state index in [0.29, 0.717) is 29.6 Å². The van der Waals surface area contributed by atoms with Gasteiger partial charge in [-0.3, -0.25) is 0 Å². The number of benzene rings is 9. The maximum Gasteiger partial charge on any atom is 0.230 e. The lowest BCUT2D eigenvalue weighted by Gasteiger charge is -2.23. The van der Waals surface area contributed by atoms with Gasteiger partial charge in [0.05, 0.1) is 28.4 Å². The van der Waals surface area contributed by atoms with E-state index in [-0.39, 0.29) is 0 Å². The topological polar surface area (TPSA) is 52.9 Å². The normalized spacial score (nSPS) is 12.4. The maximum atomic E-state index is 2.45. The highest BCUT2D eigenvalue weighted by atomic mass is 15.1. The summed E-state index contributed by atoms with van der Waals surface area (Å²) in [4.78, 5) is 0. The molecule has 12 heteroatoms. The van der Waals surface area contributed by atoms with Gasteiger partial charge in [0.2, 0.25) is 34.2 Å². The molecule has 21 aromatic rings. The van der Waals surface area contributed by atoms with Crippen LogP contribution in [0.3, 0.4) is 0 Å². The third-order valence-corrected chi connectivity index (χ3v) is 30.6. The van der Waals surface area contributed by atoms with Crippen molar-refractivity contribution in [2.24, 2.45) is 0 Å². The van der Waals surface area contributed by atoms with E-state index in [0.717, 1.165) is 39.3 Å². The summed E-state index contributed by atoms with van der Waals surface area (Å²) in [7, 11) is 0. The fourth-order valence-corrected chi connectivity index (χ4v) is 24.1. The zero-order valence-electron chi connectivity index (χ0n) is 88.6. The molecule has 0 bridgehead atoms. The minimum Gasteiger partial charge on any atom is -0.311 e. The number of fused-ring (bicyclic) bond motifs is 18. The molecule has 0 aliphatic carbocycles. The molecule has 0 fully saturated rings. The fourth-order valence-electron chi connectivity index (χ4n) is 24.1. The van der Waals surface area contributed by atoms with E-state index < -0.39 is 0 Å². The van der Waals surface area contributed by atoms with Crippen LogP contribution in [0.1, 0.15) is 199 Å². The first-order valence-electron chi connectivity index (χ1n) is 53.0. The van der Waals surface area contributed by atoms with Crippen molar-refractivity contribution in [2.45, 2.75) is 187 Å². The van der Waals surface area contributed by atoms with Gasteiger partial charge >= 0.3 is 0 Å². The molecule has 0 amide bonds. The molecule has 0 atom stereocenters. The van der Waals surface area contributed by atoms with Gasteiger partial charge in [0.25, 0.3) is 0 Å². The predicted molar refractivity (Wildman–Crippen MR) is 603 cm³/mol. The second-order valence-corrected chi connectivity index (χ2v) is 42.5. The molecular weight excluding hydrogens is 1800 g/mol. The van der Waals surface area contributed by atoms with Gasteiger partial charge in [-0.1, -0.05) is 250 Å². The summed E-state index contributed by atoms with van der Waals surface area (Å²) in [5.74, 6) is 2.39. The van der Waals surface area contributed by atoms with Crippen molar-refractivity contribution in [3.63, 3.8) is 0 Å². The van der Waals surface area contributed by atoms with Crippen molar-refractivity contribution in [1.82, 2.24) is 27.4 Å². The van der Waals surface area contributed by atoms with Crippen molar-refractivity contribution in [3.8, 4) is 136 Å². The predicted octanol–water partition coefficient (Wildman–Crippen LogP) is 29.5. The number of aryl methyl sites for hydroxylation is 7. The minimum absolute atomic E-state index is 0.434. The molecule has 18 heterocycles. The Morgan fingerprint density at radius 2 is 0.480 bits per heavy atom. The zero-order valence-corrected chi connectivity index (χ0v) is 88.6. The van der Waals surface area contributed by atoms with Gasteiger partial charge in [-0.25, -0.2) is 0 Å². The van der Waals surface area contributed by atoms with Crippen molar-refractivity contribution >= 4 is 0 Å². The lowest BCUT2D eigenvalue weighted by atomic mass is 9.88.